The third-order valence-corrected chi connectivity index (χ3v) is 5.18. The van der Waals surface area contributed by atoms with Gasteiger partial charge in [-0.3, -0.25) is 0 Å². The molecule has 0 saturated heterocycles. The summed E-state index contributed by atoms with van der Waals surface area (Å²) in [5.41, 5.74) is 8.04. The first-order chi connectivity index (χ1) is 11.5. The number of nitrogens with zero attached hydrogens (tertiary/aromatic N) is 2. The van der Waals surface area contributed by atoms with Crippen LogP contribution in [-0.4, -0.2) is 7.05 Å². The maximum atomic E-state index is 9.16. The number of hydrogen-bond donors (Lipinski definition) is 0. The molecule has 0 unspecified atom stereocenters. The normalized spacial score (nSPS) is 10.5. The lowest BCUT2D eigenvalue weighted by molar-refractivity contribution is 1.16. The van der Waals surface area contributed by atoms with Crippen molar-refractivity contribution in [3.05, 3.63) is 70.1 Å². The Bertz CT molecular complexity index is 908. The molecule has 24 heavy (non-hydrogen) atoms. The molecule has 0 bridgehead atoms. The Balaban J connectivity index is 2.09. The Hall–Kier alpha value is -2.57. The Kier molecular flexibility index (Phi) is 4.42. The van der Waals surface area contributed by atoms with Gasteiger partial charge in [-0.1, -0.05) is 29.8 Å². The van der Waals surface area contributed by atoms with Gasteiger partial charge in [0.05, 0.1) is 22.2 Å². The Labute approximate surface area is 147 Å². The number of thiophene rings is 1. The minimum absolute atomic E-state index is 0.692. The van der Waals surface area contributed by atoms with Crippen LogP contribution in [-0.2, 0) is 0 Å². The van der Waals surface area contributed by atoms with Crippen LogP contribution in [0.3, 0.4) is 0 Å². The lowest BCUT2D eigenvalue weighted by Gasteiger charge is -2.25. The van der Waals surface area contributed by atoms with E-state index in [9.17, 15) is 0 Å². The zero-order valence-electron chi connectivity index (χ0n) is 14.4. The van der Waals surface area contributed by atoms with Gasteiger partial charge in [0.15, 0.2) is 0 Å². The third-order valence-electron chi connectivity index (χ3n) is 4.23. The van der Waals surface area contributed by atoms with E-state index in [0.717, 1.165) is 5.56 Å². The average molecular weight is 332 g/mol. The van der Waals surface area contributed by atoms with E-state index >= 15 is 0 Å². The van der Waals surface area contributed by atoms with Crippen molar-refractivity contribution in [1.82, 2.24) is 0 Å². The quantitative estimate of drug-likeness (QED) is 0.590. The molecule has 0 amide bonds. The second-order valence-corrected chi connectivity index (χ2v) is 7.05. The lowest BCUT2D eigenvalue weighted by Crippen LogP contribution is -2.12. The van der Waals surface area contributed by atoms with Crippen LogP contribution >= 0.6 is 11.3 Å². The van der Waals surface area contributed by atoms with Crippen LogP contribution in [0.5, 0.6) is 0 Å². The van der Waals surface area contributed by atoms with Crippen LogP contribution in [0, 0.1) is 32.1 Å². The van der Waals surface area contributed by atoms with Crippen LogP contribution in [0.25, 0.3) is 10.4 Å². The standard InChI is InChI=1S/C21H20N2S/c1-14-10-15(2)20(16(3)11-14)23(4)19-8-9-24-21(19)18-7-5-6-17(12-18)13-22/h5-12H,1-4H3. The van der Waals surface area contributed by atoms with Gasteiger partial charge in [-0.05, 0) is 61.0 Å². The predicted molar refractivity (Wildman–Crippen MR) is 103 cm³/mol. The first-order valence-electron chi connectivity index (χ1n) is 7.91. The molecule has 0 fully saturated rings. The molecule has 0 N–H and O–H groups in total. The molecule has 0 atom stereocenters. The smallest absolute Gasteiger partial charge is 0.0991 e. The predicted octanol–water partition coefficient (Wildman–Crippen LogP) is 5.98. The molecule has 1 aromatic heterocycles. The molecule has 0 aliphatic carbocycles. The minimum Gasteiger partial charge on any atom is -0.343 e. The molecule has 120 valence electrons. The zero-order valence-corrected chi connectivity index (χ0v) is 15.2. The van der Waals surface area contributed by atoms with Crippen LogP contribution < -0.4 is 4.90 Å². The number of hydrogen-bond acceptors (Lipinski definition) is 3. The molecule has 2 nitrogen and oxygen atoms in total. The van der Waals surface area contributed by atoms with E-state index in [0.29, 0.717) is 5.56 Å². The summed E-state index contributed by atoms with van der Waals surface area (Å²) in [7, 11) is 2.12. The Morgan fingerprint density at radius 2 is 1.71 bits per heavy atom. The highest BCUT2D eigenvalue weighted by atomic mass is 32.1. The molecule has 0 radical (unpaired) electrons. The molecule has 0 saturated carbocycles. The second kappa shape index (κ2) is 6.51. The van der Waals surface area contributed by atoms with Gasteiger partial charge in [0.1, 0.15) is 0 Å². The molecule has 2 aromatic carbocycles. The molecule has 3 rings (SSSR count). The number of benzene rings is 2. The molecule has 3 heteroatoms. The van der Waals surface area contributed by atoms with E-state index in [4.69, 9.17) is 5.26 Å². The summed E-state index contributed by atoms with van der Waals surface area (Å²) in [5, 5.41) is 11.3. The average Bonchev–Trinajstić information content (AvgIpc) is 3.03. The van der Waals surface area contributed by atoms with Gasteiger partial charge in [-0.25, -0.2) is 0 Å². The van der Waals surface area contributed by atoms with Gasteiger partial charge in [0, 0.05) is 12.7 Å². The molecule has 0 aliphatic rings. The summed E-state index contributed by atoms with van der Waals surface area (Å²) in [6.45, 7) is 6.45. The van der Waals surface area contributed by atoms with Crippen molar-refractivity contribution >= 4 is 22.7 Å². The fourth-order valence-corrected chi connectivity index (χ4v) is 4.26. The summed E-state index contributed by atoms with van der Waals surface area (Å²) in [6.07, 6.45) is 0. The summed E-state index contributed by atoms with van der Waals surface area (Å²) >= 11 is 1.71. The number of rotatable bonds is 3. The second-order valence-electron chi connectivity index (χ2n) is 6.13. The van der Waals surface area contributed by atoms with E-state index in [1.165, 1.54) is 32.9 Å². The summed E-state index contributed by atoms with van der Waals surface area (Å²) < 4.78 is 0. The van der Waals surface area contributed by atoms with Gasteiger partial charge >= 0.3 is 0 Å². The van der Waals surface area contributed by atoms with Crippen molar-refractivity contribution < 1.29 is 0 Å². The maximum absolute atomic E-state index is 9.16. The minimum atomic E-state index is 0.692. The highest BCUT2D eigenvalue weighted by Crippen LogP contribution is 2.40. The van der Waals surface area contributed by atoms with Crippen LogP contribution in [0.15, 0.2) is 47.8 Å². The number of anilines is 2. The van der Waals surface area contributed by atoms with Crippen LogP contribution in [0.1, 0.15) is 22.3 Å². The van der Waals surface area contributed by atoms with Gasteiger partial charge in [-0.15, -0.1) is 11.3 Å². The van der Waals surface area contributed by atoms with Crippen LogP contribution in [0.4, 0.5) is 11.4 Å². The molecule has 0 aliphatic heterocycles. The zero-order chi connectivity index (χ0) is 17.3. The van der Waals surface area contributed by atoms with Crippen molar-refractivity contribution in [1.29, 1.82) is 5.26 Å². The Morgan fingerprint density at radius 1 is 1.00 bits per heavy atom. The number of aryl methyl sites for hydroxylation is 3. The summed E-state index contributed by atoms with van der Waals surface area (Å²) in [5.74, 6) is 0. The van der Waals surface area contributed by atoms with Crippen molar-refractivity contribution in [3.8, 4) is 16.5 Å². The molecule has 1 heterocycles. The molecular formula is C21H20N2S. The number of nitriles is 1. The van der Waals surface area contributed by atoms with Crippen molar-refractivity contribution in [2.24, 2.45) is 0 Å². The van der Waals surface area contributed by atoms with Crippen molar-refractivity contribution in [2.75, 3.05) is 11.9 Å². The highest BCUT2D eigenvalue weighted by molar-refractivity contribution is 7.14. The summed E-state index contributed by atoms with van der Waals surface area (Å²) in [4.78, 5) is 3.45. The topological polar surface area (TPSA) is 27.0 Å². The largest absolute Gasteiger partial charge is 0.343 e. The van der Waals surface area contributed by atoms with E-state index in [2.05, 4.69) is 68.4 Å². The van der Waals surface area contributed by atoms with Gasteiger partial charge in [0.25, 0.3) is 0 Å². The van der Waals surface area contributed by atoms with E-state index in [1.807, 2.05) is 18.2 Å². The van der Waals surface area contributed by atoms with E-state index in [-0.39, 0.29) is 0 Å². The molecular weight excluding hydrogens is 312 g/mol. The van der Waals surface area contributed by atoms with E-state index in [1.54, 1.807) is 11.3 Å². The van der Waals surface area contributed by atoms with Crippen LogP contribution in [0.2, 0.25) is 0 Å². The first kappa shape index (κ1) is 16.3. The fraction of sp³-hybridized carbons (Fsp3) is 0.190. The molecule has 0 spiro atoms. The summed E-state index contributed by atoms with van der Waals surface area (Å²) in [6, 6.07) is 16.6. The van der Waals surface area contributed by atoms with Crippen molar-refractivity contribution in [2.45, 2.75) is 20.8 Å². The van der Waals surface area contributed by atoms with Gasteiger partial charge in [-0.2, -0.15) is 5.26 Å². The molecule has 3 aromatic rings. The lowest BCUT2D eigenvalue weighted by atomic mass is 10.0. The fourth-order valence-electron chi connectivity index (χ4n) is 3.33. The van der Waals surface area contributed by atoms with Gasteiger partial charge < -0.3 is 4.90 Å². The van der Waals surface area contributed by atoms with Crippen molar-refractivity contribution in [3.63, 3.8) is 0 Å². The van der Waals surface area contributed by atoms with E-state index < -0.39 is 0 Å². The third kappa shape index (κ3) is 2.93. The monoisotopic (exact) mass is 332 g/mol. The SMILES string of the molecule is Cc1cc(C)c(N(C)c2ccsc2-c2cccc(C#N)c2)c(C)c1. The Morgan fingerprint density at radius 3 is 2.38 bits per heavy atom. The highest BCUT2D eigenvalue weighted by Gasteiger charge is 2.16. The van der Waals surface area contributed by atoms with Gasteiger partial charge in [0.2, 0.25) is 0 Å². The maximum Gasteiger partial charge on any atom is 0.0991 e. The first-order valence-corrected chi connectivity index (χ1v) is 8.79.